The van der Waals surface area contributed by atoms with Gasteiger partial charge >= 0.3 is 0 Å². The van der Waals surface area contributed by atoms with Crippen LogP contribution in [0.3, 0.4) is 0 Å². The van der Waals surface area contributed by atoms with Gasteiger partial charge in [0.1, 0.15) is 0 Å². The summed E-state index contributed by atoms with van der Waals surface area (Å²) in [4.78, 5) is 14.8. The van der Waals surface area contributed by atoms with E-state index < -0.39 is 0 Å². The lowest BCUT2D eigenvalue weighted by molar-refractivity contribution is -0.132. The summed E-state index contributed by atoms with van der Waals surface area (Å²) in [5.74, 6) is 1.05. The Morgan fingerprint density at radius 2 is 1.82 bits per heavy atom. The van der Waals surface area contributed by atoms with Gasteiger partial charge in [-0.2, -0.15) is 0 Å². The van der Waals surface area contributed by atoms with E-state index in [1.807, 2.05) is 0 Å². The van der Waals surface area contributed by atoms with Gasteiger partial charge in [-0.05, 0) is 56.3 Å². The third-order valence-corrected chi connectivity index (χ3v) is 6.38. The number of hydrogen-bond acceptors (Lipinski definition) is 3. The molecule has 0 saturated carbocycles. The fourth-order valence-corrected chi connectivity index (χ4v) is 5.08. The Balaban J connectivity index is 0.00000144. The predicted molar refractivity (Wildman–Crippen MR) is 88.2 cm³/mol. The summed E-state index contributed by atoms with van der Waals surface area (Å²) in [5.41, 5.74) is 0.390. The number of nitrogens with one attached hydrogen (secondary N) is 1. The highest BCUT2D eigenvalue weighted by Crippen LogP contribution is 2.40. The minimum absolute atomic E-state index is 0. The highest BCUT2D eigenvalue weighted by molar-refractivity contribution is 5.85. The normalized spacial score (nSPS) is 36.4. The van der Waals surface area contributed by atoms with E-state index in [1.54, 1.807) is 0 Å². The van der Waals surface area contributed by atoms with Gasteiger partial charge < -0.3 is 15.0 Å². The van der Waals surface area contributed by atoms with Crippen LogP contribution in [-0.4, -0.2) is 49.2 Å². The average molecular weight is 329 g/mol. The van der Waals surface area contributed by atoms with Gasteiger partial charge in [-0.15, -0.1) is 12.4 Å². The highest BCUT2D eigenvalue weighted by atomic mass is 35.5. The quantitative estimate of drug-likeness (QED) is 0.846. The van der Waals surface area contributed by atoms with E-state index >= 15 is 0 Å². The maximum Gasteiger partial charge on any atom is 0.222 e. The maximum atomic E-state index is 12.6. The lowest BCUT2D eigenvalue weighted by Crippen LogP contribution is -2.41. The van der Waals surface area contributed by atoms with Gasteiger partial charge in [0.25, 0.3) is 0 Å². The van der Waals surface area contributed by atoms with E-state index in [4.69, 9.17) is 4.74 Å². The second kappa shape index (κ2) is 6.66. The zero-order valence-electron chi connectivity index (χ0n) is 13.4. The molecule has 1 N–H and O–H groups in total. The molecule has 0 aromatic rings. The molecule has 4 nitrogen and oxygen atoms in total. The van der Waals surface area contributed by atoms with Crippen molar-refractivity contribution in [3.63, 3.8) is 0 Å². The standard InChI is InChI=1S/C17H28N2O2.ClH/c20-16(11-13-9-14-1-2-15(10-13)18-14)19-6-3-17(12-19)4-7-21-8-5-17;/h13-15,18H,1-12H2;1H. The fraction of sp³-hybridized carbons (Fsp3) is 0.941. The Hall–Kier alpha value is -0.320. The number of carbonyl (C=O) groups excluding carboxylic acids is 1. The predicted octanol–water partition coefficient (Wildman–Crippen LogP) is 2.36. The number of piperidine rings is 1. The number of likely N-dealkylation sites (tertiary alicyclic amines) is 1. The number of carbonyl (C=O) groups is 1. The van der Waals surface area contributed by atoms with Gasteiger partial charge in [0.05, 0.1) is 0 Å². The van der Waals surface area contributed by atoms with Crippen molar-refractivity contribution in [3.05, 3.63) is 0 Å². The van der Waals surface area contributed by atoms with Crippen molar-refractivity contribution in [3.8, 4) is 0 Å². The summed E-state index contributed by atoms with van der Waals surface area (Å²) in [5, 5.41) is 3.67. The molecule has 1 amide bonds. The summed E-state index contributed by atoms with van der Waals surface area (Å²) in [7, 11) is 0. The summed E-state index contributed by atoms with van der Waals surface area (Å²) in [6.07, 6.45) is 9.36. The summed E-state index contributed by atoms with van der Waals surface area (Å²) < 4.78 is 5.49. The summed E-state index contributed by atoms with van der Waals surface area (Å²) >= 11 is 0. The molecule has 126 valence electrons. The van der Waals surface area contributed by atoms with Crippen LogP contribution in [0.4, 0.5) is 0 Å². The molecule has 0 radical (unpaired) electrons. The fourth-order valence-electron chi connectivity index (χ4n) is 5.08. The van der Waals surface area contributed by atoms with Crippen LogP contribution < -0.4 is 5.32 Å². The van der Waals surface area contributed by atoms with E-state index in [-0.39, 0.29) is 12.4 Å². The number of rotatable bonds is 2. The van der Waals surface area contributed by atoms with Crippen molar-refractivity contribution in [1.29, 1.82) is 0 Å². The molecule has 4 aliphatic rings. The lowest BCUT2D eigenvalue weighted by atomic mass is 9.80. The summed E-state index contributed by atoms with van der Waals surface area (Å²) in [6, 6.07) is 1.39. The van der Waals surface area contributed by atoms with Crippen LogP contribution in [0.2, 0.25) is 0 Å². The van der Waals surface area contributed by atoms with Gasteiger partial charge in [-0.3, -0.25) is 4.79 Å². The minimum atomic E-state index is 0. The molecular formula is C17H29ClN2O2. The molecule has 0 aromatic carbocycles. The maximum absolute atomic E-state index is 12.6. The van der Waals surface area contributed by atoms with E-state index in [0.717, 1.165) is 45.6 Å². The van der Waals surface area contributed by atoms with Crippen molar-refractivity contribution >= 4 is 18.3 Å². The molecule has 2 atom stereocenters. The van der Waals surface area contributed by atoms with E-state index in [9.17, 15) is 4.79 Å². The minimum Gasteiger partial charge on any atom is -0.381 e. The zero-order chi connectivity index (χ0) is 14.3. The molecule has 0 aromatic heterocycles. The first-order chi connectivity index (χ1) is 10.2. The second-order valence-corrected chi connectivity index (χ2v) is 7.86. The smallest absolute Gasteiger partial charge is 0.222 e. The number of ether oxygens (including phenoxy) is 1. The SMILES string of the molecule is Cl.O=C(CC1CC2CCC(C1)N2)N1CCC2(CCOCC2)C1. The number of fused-ring (bicyclic) bond motifs is 2. The molecule has 0 aliphatic carbocycles. The topological polar surface area (TPSA) is 41.6 Å². The molecule has 2 unspecified atom stereocenters. The van der Waals surface area contributed by atoms with Gasteiger partial charge in [-0.25, -0.2) is 0 Å². The zero-order valence-corrected chi connectivity index (χ0v) is 14.2. The van der Waals surface area contributed by atoms with Gasteiger partial charge in [-0.1, -0.05) is 0 Å². The molecule has 22 heavy (non-hydrogen) atoms. The van der Waals surface area contributed by atoms with Crippen LogP contribution >= 0.6 is 12.4 Å². The Morgan fingerprint density at radius 3 is 2.50 bits per heavy atom. The van der Waals surface area contributed by atoms with E-state index in [0.29, 0.717) is 29.3 Å². The molecule has 4 heterocycles. The summed E-state index contributed by atoms with van der Waals surface area (Å²) in [6.45, 7) is 3.75. The molecule has 4 saturated heterocycles. The van der Waals surface area contributed by atoms with E-state index in [1.165, 1.54) is 32.1 Å². The largest absolute Gasteiger partial charge is 0.381 e. The Labute approximate surface area is 139 Å². The van der Waals surface area contributed by atoms with Crippen molar-refractivity contribution < 1.29 is 9.53 Å². The molecule has 4 aliphatic heterocycles. The monoisotopic (exact) mass is 328 g/mol. The van der Waals surface area contributed by atoms with Crippen molar-refractivity contribution in [2.24, 2.45) is 11.3 Å². The van der Waals surface area contributed by atoms with Gasteiger partial charge in [0.15, 0.2) is 0 Å². The van der Waals surface area contributed by atoms with Crippen LogP contribution in [0.25, 0.3) is 0 Å². The molecule has 1 spiro atoms. The Kier molecular flexibility index (Phi) is 5.01. The highest BCUT2D eigenvalue weighted by Gasteiger charge is 2.42. The van der Waals surface area contributed by atoms with Crippen molar-refractivity contribution in [2.75, 3.05) is 26.3 Å². The third-order valence-electron chi connectivity index (χ3n) is 6.38. The molecule has 4 rings (SSSR count). The first-order valence-corrected chi connectivity index (χ1v) is 8.84. The molecule has 5 heteroatoms. The number of hydrogen-bond donors (Lipinski definition) is 1. The lowest BCUT2D eigenvalue weighted by Gasteiger charge is -2.33. The van der Waals surface area contributed by atoms with Crippen molar-refractivity contribution in [1.82, 2.24) is 10.2 Å². The average Bonchev–Trinajstić information content (AvgIpc) is 3.04. The third kappa shape index (κ3) is 3.29. The number of nitrogens with zero attached hydrogens (tertiary/aromatic N) is 1. The first kappa shape index (κ1) is 16.5. The Morgan fingerprint density at radius 1 is 1.14 bits per heavy atom. The van der Waals surface area contributed by atoms with Crippen LogP contribution in [0.15, 0.2) is 0 Å². The van der Waals surface area contributed by atoms with Crippen LogP contribution in [-0.2, 0) is 9.53 Å². The van der Waals surface area contributed by atoms with E-state index in [2.05, 4.69) is 10.2 Å². The first-order valence-electron chi connectivity index (χ1n) is 8.84. The molecule has 2 bridgehead atoms. The Bertz CT molecular complexity index is 399. The number of amides is 1. The second-order valence-electron chi connectivity index (χ2n) is 7.86. The molecular weight excluding hydrogens is 300 g/mol. The van der Waals surface area contributed by atoms with Crippen molar-refractivity contribution in [2.45, 2.75) is 63.5 Å². The van der Waals surface area contributed by atoms with Crippen LogP contribution in [0, 0.1) is 11.3 Å². The van der Waals surface area contributed by atoms with Crippen LogP contribution in [0.1, 0.15) is 51.4 Å². The number of halogens is 1. The van der Waals surface area contributed by atoms with Crippen LogP contribution in [0.5, 0.6) is 0 Å². The van der Waals surface area contributed by atoms with Gasteiger partial charge in [0.2, 0.25) is 5.91 Å². The molecule has 4 fully saturated rings. The van der Waals surface area contributed by atoms with Gasteiger partial charge in [0, 0.05) is 44.8 Å².